The lowest BCUT2D eigenvalue weighted by Crippen LogP contribution is -2.36. The van der Waals surface area contributed by atoms with Crippen molar-refractivity contribution in [3.05, 3.63) is 77.2 Å². The van der Waals surface area contributed by atoms with Crippen LogP contribution in [0.1, 0.15) is 27.2 Å². The number of guanidine groups is 1. The topological polar surface area (TPSA) is 94.8 Å². The first-order chi connectivity index (χ1) is 15.9. The van der Waals surface area contributed by atoms with Gasteiger partial charge in [-0.25, -0.2) is 4.98 Å². The molecule has 1 aromatic heterocycles. The number of rotatable bonds is 9. The van der Waals surface area contributed by atoms with E-state index in [0.29, 0.717) is 37.0 Å². The fourth-order valence-electron chi connectivity index (χ4n) is 3.12. The number of oxazole rings is 1. The van der Waals surface area contributed by atoms with E-state index in [1.807, 2.05) is 74.4 Å². The van der Waals surface area contributed by atoms with Crippen LogP contribution in [0, 0.1) is 6.92 Å². The highest BCUT2D eigenvalue weighted by Crippen LogP contribution is 2.19. The molecular formula is C25H32N6O2. The number of nitrogens with zero attached hydrogens (tertiary/aromatic N) is 3. The summed E-state index contributed by atoms with van der Waals surface area (Å²) in [7, 11) is 5.67. The molecule has 3 rings (SSSR count). The summed E-state index contributed by atoms with van der Waals surface area (Å²) in [6.45, 7) is 4.46. The molecule has 2 aromatic carbocycles. The van der Waals surface area contributed by atoms with Gasteiger partial charge in [0.2, 0.25) is 5.89 Å². The number of carbonyl (C=O) groups excluding carboxylic acids is 1. The number of nitrogens with one attached hydrogen (secondary N) is 3. The third kappa shape index (κ3) is 7.47. The highest BCUT2D eigenvalue weighted by molar-refractivity contribution is 5.94. The van der Waals surface area contributed by atoms with Crippen LogP contribution in [-0.4, -0.2) is 56.0 Å². The molecule has 3 N–H and O–H groups in total. The zero-order valence-electron chi connectivity index (χ0n) is 19.7. The van der Waals surface area contributed by atoms with Crippen LogP contribution in [-0.2, 0) is 13.1 Å². The Labute approximate surface area is 195 Å². The third-order valence-corrected chi connectivity index (χ3v) is 5.00. The number of carbonyl (C=O) groups is 1. The summed E-state index contributed by atoms with van der Waals surface area (Å²) in [6, 6.07) is 15.6. The largest absolute Gasteiger partial charge is 0.444 e. The molecule has 0 unspecified atom stereocenters. The van der Waals surface area contributed by atoms with Gasteiger partial charge in [0.15, 0.2) is 5.96 Å². The lowest BCUT2D eigenvalue weighted by molar-refractivity contribution is 0.0951. The van der Waals surface area contributed by atoms with Gasteiger partial charge in [-0.05, 0) is 50.8 Å². The predicted octanol–water partition coefficient (Wildman–Crippen LogP) is 2.81. The minimum Gasteiger partial charge on any atom is -0.444 e. The molecule has 33 heavy (non-hydrogen) atoms. The van der Waals surface area contributed by atoms with E-state index in [4.69, 9.17) is 4.42 Å². The number of aromatic nitrogens is 1. The SMILES string of the molecule is CN=C(NCc1cccc(C(=O)NCCN(C)C)c1)NCc1coc(-c2ccc(C)cc2)n1. The van der Waals surface area contributed by atoms with Crippen molar-refractivity contribution in [3.8, 4) is 11.5 Å². The molecule has 0 radical (unpaired) electrons. The third-order valence-electron chi connectivity index (χ3n) is 5.00. The molecule has 0 saturated carbocycles. The van der Waals surface area contributed by atoms with Crippen LogP contribution in [0.4, 0.5) is 0 Å². The number of hydrogen-bond acceptors (Lipinski definition) is 5. The van der Waals surface area contributed by atoms with Gasteiger partial charge < -0.3 is 25.3 Å². The highest BCUT2D eigenvalue weighted by atomic mass is 16.3. The number of likely N-dealkylation sites (N-methyl/N-ethyl adjacent to an activating group) is 1. The smallest absolute Gasteiger partial charge is 0.251 e. The van der Waals surface area contributed by atoms with Gasteiger partial charge >= 0.3 is 0 Å². The fraction of sp³-hybridized carbons (Fsp3) is 0.320. The van der Waals surface area contributed by atoms with E-state index < -0.39 is 0 Å². The molecule has 0 fully saturated rings. The summed E-state index contributed by atoms with van der Waals surface area (Å²) in [6.07, 6.45) is 1.65. The molecule has 8 heteroatoms. The summed E-state index contributed by atoms with van der Waals surface area (Å²) < 4.78 is 5.61. The fourth-order valence-corrected chi connectivity index (χ4v) is 3.12. The maximum Gasteiger partial charge on any atom is 0.251 e. The van der Waals surface area contributed by atoms with Gasteiger partial charge in [-0.15, -0.1) is 0 Å². The monoisotopic (exact) mass is 448 g/mol. The molecule has 0 aliphatic carbocycles. The quantitative estimate of drug-likeness (QED) is 0.344. The lowest BCUT2D eigenvalue weighted by Gasteiger charge is -2.12. The maximum atomic E-state index is 12.4. The highest BCUT2D eigenvalue weighted by Gasteiger charge is 2.09. The Morgan fingerprint density at radius 3 is 2.55 bits per heavy atom. The minimum atomic E-state index is -0.0726. The molecule has 1 amide bonds. The Bertz CT molecular complexity index is 1070. The summed E-state index contributed by atoms with van der Waals surface area (Å²) in [5.41, 5.74) is 4.55. The van der Waals surface area contributed by atoms with E-state index in [2.05, 4.69) is 25.9 Å². The van der Waals surface area contributed by atoms with E-state index in [9.17, 15) is 4.79 Å². The van der Waals surface area contributed by atoms with Crippen LogP contribution in [0.25, 0.3) is 11.5 Å². The molecular weight excluding hydrogens is 416 g/mol. The molecule has 174 valence electrons. The van der Waals surface area contributed by atoms with Crippen molar-refractivity contribution in [2.75, 3.05) is 34.2 Å². The van der Waals surface area contributed by atoms with Gasteiger partial charge in [-0.2, -0.15) is 0 Å². The first kappa shape index (κ1) is 24.0. The van der Waals surface area contributed by atoms with Crippen molar-refractivity contribution in [2.45, 2.75) is 20.0 Å². The lowest BCUT2D eigenvalue weighted by atomic mass is 10.1. The van der Waals surface area contributed by atoms with Crippen LogP contribution in [0.15, 0.2) is 64.2 Å². The van der Waals surface area contributed by atoms with E-state index in [-0.39, 0.29) is 5.91 Å². The molecule has 3 aromatic rings. The number of aryl methyl sites for hydroxylation is 1. The van der Waals surface area contributed by atoms with Crippen LogP contribution in [0.2, 0.25) is 0 Å². The van der Waals surface area contributed by atoms with Gasteiger partial charge in [-0.3, -0.25) is 9.79 Å². The van der Waals surface area contributed by atoms with Crippen molar-refractivity contribution in [3.63, 3.8) is 0 Å². The number of hydrogen-bond donors (Lipinski definition) is 3. The van der Waals surface area contributed by atoms with Gasteiger partial charge in [0.25, 0.3) is 5.91 Å². The van der Waals surface area contributed by atoms with Crippen LogP contribution < -0.4 is 16.0 Å². The summed E-state index contributed by atoms with van der Waals surface area (Å²) in [5.74, 6) is 1.16. The van der Waals surface area contributed by atoms with Gasteiger partial charge in [-0.1, -0.05) is 29.8 Å². The minimum absolute atomic E-state index is 0.0726. The van der Waals surface area contributed by atoms with E-state index in [1.54, 1.807) is 13.3 Å². The second-order valence-corrected chi connectivity index (χ2v) is 8.05. The molecule has 0 spiro atoms. The molecule has 1 heterocycles. The predicted molar refractivity (Wildman–Crippen MR) is 131 cm³/mol. The van der Waals surface area contributed by atoms with Crippen molar-refractivity contribution >= 4 is 11.9 Å². The molecule has 0 saturated heterocycles. The van der Waals surface area contributed by atoms with Crippen LogP contribution >= 0.6 is 0 Å². The zero-order chi connectivity index (χ0) is 23.6. The van der Waals surface area contributed by atoms with Gasteiger partial charge in [0, 0.05) is 37.8 Å². The summed E-state index contributed by atoms with van der Waals surface area (Å²) >= 11 is 0. The van der Waals surface area contributed by atoms with Gasteiger partial charge in [0.1, 0.15) is 6.26 Å². The summed E-state index contributed by atoms with van der Waals surface area (Å²) in [5, 5.41) is 9.44. The van der Waals surface area contributed by atoms with Crippen LogP contribution in [0.5, 0.6) is 0 Å². The van der Waals surface area contributed by atoms with Crippen molar-refractivity contribution in [1.29, 1.82) is 0 Å². The van der Waals surface area contributed by atoms with E-state index in [1.165, 1.54) is 5.56 Å². The second-order valence-electron chi connectivity index (χ2n) is 8.05. The summed E-state index contributed by atoms with van der Waals surface area (Å²) in [4.78, 5) is 23.2. The van der Waals surface area contributed by atoms with E-state index >= 15 is 0 Å². The second kappa shape index (κ2) is 11.8. The first-order valence-electron chi connectivity index (χ1n) is 10.9. The molecule has 0 atom stereocenters. The Balaban J connectivity index is 1.50. The number of benzene rings is 2. The molecule has 0 bridgehead atoms. The van der Waals surface area contributed by atoms with Crippen molar-refractivity contribution in [1.82, 2.24) is 25.8 Å². The molecule has 8 nitrogen and oxygen atoms in total. The Morgan fingerprint density at radius 1 is 1.06 bits per heavy atom. The normalized spacial score (nSPS) is 11.5. The van der Waals surface area contributed by atoms with Crippen LogP contribution in [0.3, 0.4) is 0 Å². The van der Waals surface area contributed by atoms with Gasteiger partial charge in [0.05, 0.1) is 12.2 Å². The van der Waals surface area contributed by atoms with Crippen molar-refractivity contribution in [2.24, 2.45) is 4.99 Å². The molecule has 0 aliphatic heterocycles. The Morgan fingerprint density at radius 2 is 1.82 bits per heavy atom. The average molecular weight is 449 g/mol. The standard InChI is InChI=1S/C25H32N6O2/c1-18-8-10-20(11-9-18)24-30-22(17-33-24)16-29-25(26-2)28-15-19-6-5-7-21(14-19)23(32)27-12-13-31(3)4/h5-11,14,17H,12-13,15-16H2,1-4H3,(H,27,32)(H2,26,28,29). The number of amides is 1. The maximum absolute atomic E-state index is 12.4. The number of aliphatic imine (C=N–C) groups is 1. The van der Waals surface area contributed by atoms with Crippen molar-refractivity contribution < 1.29 is 9.21 Å². The van der Waals surface area contributed by atoms with E-state index in [0.717, 1.165) is 23.4 Å². The Kier molecular flexibility index (Phi) is 8.60. The zero-order valence-corrected chi connectivity index (χ0v) is 19.7. The Hall–Kier alpha value is -3.65. The first-order valence-corrected chi connectivity index (χ1v) is 10.9. The molecule has 0 aliphatic rings. The average Bonchev–Trinajstić information content (AvgIpc) is 3.28.